The van der Waals surface area contributed by atoms with Crippen LogP contribution in [-0.2, 0) is 6.54 Å². The van der Waals surface area contributed by atoms with E-state index in [0.717, 1.165) is 10.6 Å². The minimum absolute atomic E-state index is 0.218. The van der Waals surface area contributed by atoms with Gasteiger partial charge in [0.25, 0.3) is 5.91 Å². The van der Waals surface area contributed by atoms with E-state index in [0.29, 0.717) is 23.5 Å². The molecule has 0 aliphatic rings. The second-order valence-corrected chi connectivity index (χ2v) is 4.94. The van der Waals surface area contributed by atoms with Gasteiger partial charge < -0.3 is 15.8 Å². The first-order chi connectivity index (χ1) is 9.11. The van der Waals surface area contributed by atoms with E-state index in [4.69, 9.17) is 10.5 Å². The number of hydrogen-bond acceptors (Lipinski definition) is 5. The van der Waals surface area contributed by atoms with Gasteiger partial charge in [0.15, 0.2) is 0 Å². The number of anilines is 1. The van der Waals surface area contributed by atoms with Gasteiger partial charge in [-0.25, -0.2) is 4.98 Å². The molecule has 0 aliphatic carbocycles. The molecule has 0 radical (unpaired) electrons. The lowest BCUT2D eigenvalue weighted by atomic mass is 10.1. The topological polar surface area (TPSA) is 77.2 Å². The summed E-state index contributed by atoms with van der Waals surface area (Å²) in [5.41, 5.74) is 9.34. The number of nitrogens with one attached hydrogen (secondary N) is 1. The average molecular weight is 277 g/mol. The van der Waals surface area contributed by atoms with Gasteiger partial charge in [-0.15, -0.1) is 11.3 Å². The largest absolute Gasteiger partial charge is 0.497 e. The zero-order chi connectivity index (χ0) is 13.8. The van der Waals surface area contributed by atoms with E-state index in [-0.39, 0.29) is 5.91 Å². The van der Waals surface area contributed by atoms with E-state index in [1.807, 2.05) is 6.92 Å². The highest BCUT2D eigenvalue weighted by atomic mass is 32.1. The Balaban J connectivity index is 2.10. The van der Waals surface area contributed by atoms with Gasteiger partial charge in [-0.2, -0.15) is 0 Å². The predicted octanol–water partition coefficient (Wildman–Crippen LogP) is 1.97. The summed E-state index contributed by atoms with van der Waals surface area (Å²) in [6.45, 7) is 2.36. The highest BCUT2D eigenvalue weighted by Gasteiger charge is 2.11. The molecular formula is C13H15N3O2S. The van der Waals surface area contributed by atoms with E-state index in [1.54, 1.807) is 30.8 Å². The number of hydrogen-bond donors (Lipinski definition) is 2. The third-order valence-electron chi connectivity index (χ3n) is 2.76. The van der Waals surface area contributed by atoms with Gasteiger partial charge in [0.2, 0.25) is 0 Å². The number of aromatic nitrogens is 1. The fourth-order valence-electron chi connectivity index (χ4n) is 1.61. The van der Waals surface area contributed by atoms with Crippen molar-refractivity contribution in [3.05, 3.63) is 39.8 Å². The van der Waals surface area contributed by atoms with E-state index < -0.39 is 0 Å². The quantitative estimate of drug-likeness (QED) is 0.838. The normalized spacial score (nSPS) is 10.2. The fraction of sp³-hybridized carbons (Fsp3) is 0.231. The van der Waals surface area contributed by atoms with Crippen molar-refractivity contribution >= 4 is 22.9 Å². The highest BCUT2D eigenvalue weighted by molar-refractivity contribution is 7.09. The lowest BCUT2D eigenvalue weighted by Gasteiger charge is -2.08. The highest BCUT2D eigenvalue weighted by Crippen LogP contribution is 2.19. The number of nitrogens with zero attached hydrogens (tertiary/aromatic N) is 1. The van der Waals surface area contributed by atoms with Crippen molar-refractivity contribution in [2.45, 2.75) is 13.5 Å². The lowest BCUT2D eigenvalue weighted by Crippen LogP contribution is -2.23. The number of carbonyl (C=O) groups is 1. The Labute approximate surface area is 115 Å². The first-order valence-electron chi connectivity index (χ1n) is 5.72. The molecule has 6 heteroatoms. The molecule has 100 valence electrons. The van der Waals surface area contributed by atoms with Gasteiger partial charge in [-0.1, -0.05) is 0 Å². The number of thiazole rings is 1. The monoisotopic (exact) mass is 277 g/mol. The molecule has 19 heavy (non-hydrogen) atoms. The summed E-state index contributed by atoms with van der Waals surface area (Å²) >= 11 is 1.52. The second-order valence-electron chi connectivity index (χ2n) is 4.00. The zero-order valence-corrected chi connectivity index (χ0v) is 11.6. The van der Waals surface area contributed by atoms with Crippen LogP contribution in [0.25, 0.3) is 0 Å². The number of carbonyl (C=O) groups excluding carboxylic acids is 1. The summed E-state index contributed by atoms with van der Waals surface area (Å²) in [5, 5.41) is 2.83. The molecule has 0 saturated heterocycles. The van der Waals surface area contributed by atoms with Gasteiger partial charge in [-0.05, 0) is 25.1 Å². The number of nitrogen functional groups attached to an aromatic ring is 1. The molecule has 2 rings (SSSR count). The van der Waals surface area contributed by atoms with Crippen LogP contribution in [0.15, 0.2) is 23.7 Å². The summed E-state index contributed by atoms with van der Waals surface area (Å²) in [4.78, 5) is 17.2. The minimum atomic E-state index is -0.218. The van der Waals surface area contributed by atoms with Crippen molar-refractivity contribution < 1.29 is 9.53 Å². The second kappa shape index (κ2) is 5.71. The molecule has 0 fully saturated rings. The van der Waals surface area contributed by atoms with Crippen molar-refractivity contribution in [1.82, 2.24) is 10.3 Å². The van der Waals surface area contributed by atoms with Crippen LogP contribution >= 0.6 is 11.3 Å². The van der Waals surface area contributed by atoms with Crippen molar-refractivity contribution in [2.24, 2.45) is 0 Å². The van der Waals surface area contributed by atoms with Crippen LogP contribution in [-0.4, -0.2) is 18.0 Å². The van der Waals surface area contributed by atoms with Crippen molar-refractivity contribution in [3.8, 4) is 5.75 Å². The van der Waals surface area contributed by atoms with Crippen molar-refractivity contribution in [1.29, 1.82) is 0 Å². The number of rotatable bonds is 4. The molecule has 2 aromatic rings. The molecule has 0 aliphatic heterocycles. The number of aryl methyl sites for hydroxylation is 1. The predicted molar refractivity (Wildman–Crippen MR) is 75.4 cm³/mol. The average Bonchev–Trinajstić information content (AvgIpc) is 2.82. The van der Waals surface area contributed by atoms with Crippen LogP contribution in [0.5, 0.6) is 5.75 Å². The molecular weight excluding hydrogens is 262 g/mol. The Hall–Kier alpha value is -2.08. The maximum atomic E-state index is 12.1. The van der Waals surface area contributed by atoms with Gasteiger partial charge in [-0.3, -0.25) is 4.79 Å². The van der Waals surface area contributed by atoms with E-state index >= 15 is 0 Å². The van der Waals surface area contributed by atoms with Gasteiger partial charge in [0, 0.05) is 10.6 Å². The molecule has 1 aromatic carbocycles. The minimum Gasteiger partial charge on any atom is -0.497 e. The SMILES string of the molecule is COc1ccc(N)c(C(=O)NCc2scnc2C)c1. The summed E-state index contributed by atoms with van der Waals surface area (Å²) in [6.07, 6.45) is 0. The number of benzene rings is 1. The molecule has 1 amide bonds. The molecule has 3 N–H and O–H groups in total. The first kappa shape index (κ1) is 13.4. The van der Waals surface area contributed by atoms with Crippen LogP contribution < -0.4 is 15.8 Å². The van der Waals surface area contributed by atoms with Crippen molar-refractivity contribution in [3.63, 3.8) is 0 Å². The molecule has 5 nitrogen and oxygen atoms in total. The Kier molecular flexibility index (Phi) is 4.01. The Morgan fingerprint density at radius 2 is 2.32 bits per heavy atom. The summed E-state index contributed by atoms with van der Waals surface area (Å²) in [5.74, 6) is 0.387. The van der Waals surface area contributed by atoms with Gasteiger partial charge >= 0.3 is 0 Å². The van der Waals surface area contributed by atoms with Crippen molar-refractivity contribution in [2.75, 3.05) is 12.8 Å². The standard InChI is InChI=1S/C13H15N3O2S/c1-8-12(19-7-16-8)6-15-13(17)10-5-9(18-2)3-4-11(10)14/h3-5,7H,6,14H2,1-2H3,(H,15,17). The maximum absolute atomic E-state index is 12.1. The first-order valence-corrected chi connectivity index (χ1v) is 6.60. The van der Waals surface area contributed by atoms with Crippen LogP contribution in [0, 0.1) is 6.92 Å². The lowest BCUT2D eigenvalue weighted by molar-refractivity contribution is 0.0952. The zero-order valence-electron chi connectivity index (χ0n) is 10.8. The molecule has 0 bridgehead atoms. The number of nitrogens with two attached hydrogens (primary N) is 1. The molecule has 1 aromatic heterocycles. The molecule has 0 spiro atoms. The summed E-state index contributed by atoms with van der Waals surface area (Å²) < 4.78 is 5.09. The Morgan fingerprint density at radius 3 is 2.95 bits per heavy atom. The third-order valence-corrected chi connectivity index (χ3v) is 3.69. The van der Waals surface area contributed by atoms with E-state index in [1.165, 1.54) is 11.3 Å². The summed E-state index contributed by atoms with van der Waals surface area (Å²) in [7, 11) is 1.55. The Morgan fingerprint density at radius 1 is 1.53 bits per heavy atom. The third kappa shape index (κ3) is 3.03. The summed E-state index contributed by atoms with van der Waals surface area (Å²) in [6, 6.07) is 5.01. The number of ether oxygens (including phenoxy) is 1. The molecule has 0 saturated carbocycles. The van der Waals surface area contributed by atoms with Crippen LogP contribution in [0.1, 0.15) is 20.9 Å². The van der Waals surface area contributed by atoms with Gasteiger partial charge in [0.1, 0.15) is 5.75 Å². The van der Waals surface area contributed by atoms with Crippen LogP contribution in [0.3, 0.4) is 0 Å². The molecule has 0 atom stereocenters. The van der Waals surface area contributed by atoms with Gasteiger partial charge in [0.05, 0.1) is 30.4 Å². The molecule has 1 heterocycles. The van der Waals surface area contributed by atoms with E-state index in [9.17, 15) is 4.79 Å². The van der Waals surface area contributed by atoms with Crippen LogP contribution in [0.4, 0.5) is 5.69 Å². The smallest absolute Gasteiger partial charge is 0.253 e. The molecule has 0 unspecified atom stereocenters. The van der Waals surface area contributed by atoms with E-state index in [2.05, 4.69) is 10.3 Å². The number of methoxy groups -OCH3 is 1. The Bertz CT molecular complexity index is 595. The maximum Gasteiger partial charge on any atom is 0.253 e. The van der Waals surface area contributed by atoms with Crippen LogP contribution in [0.2, 0.25) is 0 Å². The fourth-order valence-corrected chi connectivity index (χ4v) is 2.33. The number of amides is 1.